The van der Waals surface area contributed by atoms with Crippen LogP contribution in [0.4, 0.5) is 0 Å². The molecule has 1 rings (SSSR count). The van der Waals surface area contributed by atoms with Gasteiger partial charge in [0.25, 0.3) is 0 Å². The highest BCUT2D eigenvalue weighted by molar-refractivity contribution is 5.95. The van der Waals surface area contributed by atoms with E-state index in [1.165, 1.54) is 7.11 Å². The van der Waals surface area contributed by atoms with Crippen LogP contribution >= 0.6 is 0 Å². The van der Waals surface area contributed by atoms with Crippen molar-refractivity contribution < 1.29 is 49.9 Å². The Kier molecular flexibility index (Phi) is 10.5. The van der Waals surface area contributed by atoms with Gasteiger partial charge in [0, 0.05) is 18.9 Å². The Balaban J connectivity index is 0. The Morgan fingerprint density at radius 2 is 2.11 bits per heavy atom. The van der Waals surface area contributed by atoms with Crippen LogP contribution in [-0.4, -0.2) is 24.9 Å². The second-order valence-corrected chi connectivity index (χ2v) is 3.47. The lowest BCUT2D eigenvalue weighted by molar-refractivity contribution is -0.409. The first-order valence-electron chi connectivity index (χ1n) is 5.05. The first kappa shape index (κ1) is 19.2. The number of aromatic nitrogens is 1. The Labute approximate surface area is 118 Å². The third-order valence-electron chi connectivity index (χ3n) is 2.28. The van der Waals surface area contributed by atoms with Crippen molar-refractivity contribution in [1.82, 2.24) is 0 Å². The molecule has 4 N–H and O–H groups in total. The molecule has 0 aliphatic heterocycles. The van der Waals surface area contributed by atoms with E-state index >= 15 is 0 Å². The van der Waals surface area contributed by atoms with Crippen LogP contribution in [0.2, 0.25) is 0 Å². The number of H-pyrrole nitrogens is 1. The van der Waals surface area contributed by atoms with Crippen molar-refractivity contribution >= 4 is 11.8 Å². The van der Waals surface area contributed by atoms with Gasteiger partial charge in [0.05, 0.1) is 12.7 Å². The molecule has 1 aromatic heterocycles. The number of carbonyl (C=O) groups is 2. The lowest BCUT2D eigenvalue weighted by Gasteiger charge is -2.04. The summed E-state index contributed by atoms with van der Waals surface area (Å²) in [7, 11) is 1.31. The molecule has 0 saturated heterocycles. The van der Waals surface area contributed by atoms with Crippen molar-refractivity contribution in [3.05, 3.63) is 30.1 Å². The number of halogens is 2. The summed E-state index contributed by atoms with van der Waals surface area (Å²) in [5.74, 6) is -0.387. The summed E-state index contributed by atoms with van der Waals surface area (Å²) in [5, 5.41) is 0. The number of nitrogens with one attached hydrogen (secondary N) is 1. The van der Waals surface area contributed by atoms with Crippen LogP contribution in [-0.2, 0) is 9.53 Å². The summed E-state index contributed by atoms with van der Waals surface area (Å²) in [6.07, 6.45) is 4.06. The molecular formula is C11H16Cl2N2O3. The van der Waals surface area contributed by atoms with Crippen molar-refractivity contribution in [2.24, 2.45) is 0 Å². The molecule has 0 saturated carbocycles. The average molecular weight is 295 g/mol. The van der Waals surface area contributed by atoms with Crippen molar-refractivity contribution in [1.29, 1.82) is 0 Å². The minimum absolute atomic E-state index is 0. The average Bonchev–Trinajstić information content (AvgIpc) is 2.35. The van der Waals surface area contributed by atoms with Crippen LogP contribution in [0.15, 0.2) is 24.5 Å². The van der Waals surface area contributed by atoms with E-state index in [9.17, 15) is 9.59 Å². The van der Waals surface area contributed by atoms with E-state index in [-0.39, 0.29) is 36.6 Å². The highest BCUT2D eigenvalue weighted by Gasteiger charge is 2.19. The molecule has 102 valence electrons. The van der Waals surface area contributed by atoms with Crippen LogP contribution in [0.25, 0.3) is 0 Å². The molecule has 1 heterocycles. The number of hydrogen-bond acceptors (Lipinski definition) is 3. The van der Waals surface area contributed by atoms with Gasteiger partial charge >= 0.3 is 5.97 Å². The van der Waals surface area contributed by atoms with Gasteiger partial charge < -0.3 is 35.3 Å². The Morgan fingerprint density at radius 3 is 2.61 bits per heavy atom. The minimum Gasteiger partial charge on any atom is -1.00 e. The SMILES string of the molecule is COC(=O)[C@@H]([NH3+])CCC(=O)c1ccc[nH+]c1.[Cl-].[Cl-]. The fourth-order valence-corrected chi connectivity index (χ4v) is 1.30. The number of methoxy groups -OCH3 is 1. The number of rotatable bonds is 5. The molecule has 5 nitrogen and oxygen atoms in total. The zero-order valence-corrected chi connectivity index (χ0v) is 11.5. The van der Waals surface area contributed by atoms with E-state index in [1.807, 2.05) is 0 Å². The second-order valence-electron chi connectivity index (χ2n) is 3.47. The largest absolute Gasteiger partial charge is 1.00 e. The molecule has 0 aliphatic carbocycles. The fourth-order valence-electron chi connectivity index (χ4n) is 1.30. The Bertz CT molecular complexity index is 374. The number of quaternary nitrogens is 1. The quantitative estimate of drug-likeness (QED) is 0.433. The number of ketones is 1. The van der Waals surface area contributed by atoms with Crippen molar-refractivity contribution in [2.45, 2.75) is 18.9 Å². The van der Waals surface area contributed by atoms with Crippen molar-refractivity contribution in [2.75, 3.05) is 7.11 Å². The highest BCUT2D eigenvalue weighted by Crippen LogP contribution is 2.04. The van der Waals surface area contributed by atoms with E-state index in [0.29, 0.717) is 18.4 Å². The smallest absolute Gasteiger partial charge is 0.364 e. The van der Waals surface area contributed by atoms with Gasteiger partial charge in [-0.2, -0.15) is 0 Å². The second kappa shape index (κ2) is 9.82. The highest BCUT2D eigenvalue weighted by atomic mass is 35.5. The maximum Gasteiger partial charge on any atom is 0.364 e. The molecule has 18 heavy (non-hydrogen) atoms. The van der Waals surface area contributed by atoms with Crippen LogP contribution in [0.1, 0.15) is 23.2 Å². The Hall–Kier alpha value is -1.17. The maximum atomic E-state index is 11.7. The molecule has 0 amide bonds. The van der Waals surface area contributed by atoms with Gasteiger partial charge in [-0.3, -0.25) is 4.79 Å². The van der Waals surface area contributed by atoms with Crippen molar-refractivity contribution in [3.8, 4) is 0 Å². The van der Waals surface area contributed by atoms with E-state index in [1.54, 1.807) is 24.5 Å². The van der Waals surface area contributed by atoms with Gasteiger partial charge in [0.15, 0.2) is 24.2 Å². The van der Waals surface area contributed by atoms with Gasteiger partial charge in [-0.1, -0.05) is 0 Å². The van der Waals surface area contributed by atoms with Gasteiger partial charge in [-0.15, -0.1) is 0 Å². The van der Waals surface area contributed by atoms with Gasteiger partial charge in [0.2, 0.25) is 0 Å². The number of pyridine rings is 1. The molecule has 0 bridgehead atoms. The number of Topliss-reactive ketones (excluding diaryl/α,β-unsaturated/α-hetero) is 1. The molecule has 1 atom stereocenters. The third kappa shape index (κ3) is 5.95. The summed E-state index contributed by atoms with van der Waals surface area (Å²) < 4.78 is 4.53. The summed E-state index contributed by atoms with van der Waals surface area (Å²) in [4.78, 5) is 25.6. The summed E-state index contributed by atoms with van der Waals surface area (Å²) >= 11 is 0. The first-order chi connectivity index (χ1) is 7.65. The van der Waals surface area contributed by atoms with Crippen LogP contribution in [0.3, 0.4) is 0 Å². The van der Waals surface area contributed by atoms with Gasteiger partial charge in [-0.25, -0.2) is 9.78 Å². The van der Waals surface area contributed by atoms with Crippen LogP contribution in [0.5, 0.6) is 0 Å². The Morgan fingerprint density at radius 1 is 1.44 bits per heavy atom. The number of hydrogen-bond donors (Lipinski definition) is 1. The minimum atomic E-state index is -0.485. The predicted octanol–water partition coefficient (Wildman–Crippen LogP) is -6.74. The van der Waals surface area contributed by atoms with Gasteiger partial charge in [0.1, 0.15) is 0 Å². The maximum absolute atomic E-state index is 11.7. The van der Waals surface area contributed by atoms with Crippen LogP contribution < -0.4 is 35.5 Å². The molecule has 0 spiro atoms. The first-order valence-corrected chi connectivity index (χ1v) is 5.05. The van der Waals surface area contributed by atoms with E-state index in [4.69, 9.17) is 0 Å². The van der Waals surface area contributed by atoms with E-state index < -0.39 is 6.04 Å². The standard InChI is InChI=1S/C11H14N2O3.2ClH/c1-16-11(15)9(12)4-5-10(14)8-3-2-6-13-7-8;;/h2-3,6-7,9H,4-5,12H2,1H3;2*1H/t9-;;/m0../s1. The van der Waals surface area contributed by atoms with Crippen molar-refractivity contribution in [3.63, 3.8) is 0 Å². The lowest BCUT2D eigenvalue weighted by atomic mass is 10.1. The number of aromatic amines is 1. The number of carbonyl (C=O) groups excluding carboxylic acids is 2. The molecule has 0 fully saturated rings. The molecular weight excluding hydrogens is 279 g/mol. The summed E-state index contributed by atoms with van der Waals surface area (Å²) in [5.41, 5.74) is 4.25. The summed E-state index contributed by atoms with van der Waals surface area (Å²) in [6, 6.07) is 3.01. The number of esters is 1. The zero-order valence-electron chi connectivity index (χ0n) is 9.99. The van der Waals surface area contributed by atoms with E-state index in [0.717, 1.165) is 0 Å². The molecule has 0 aromatic carbocycles. The fraction of sp³-hybridized carbons (Fsp3) is 0.364. The molecule has 0 radical (unpaired) electrons. The monoisotopic (exact) mass is 294 g/mol. The molecule has 0 aliphatic rings. The normalized spacial score (nSPS) is 10.6. The zero-order chi connectivity index (χ0) is 12.0. The molecule has 0 unspecified atom stereocenters. The molecule has 1 aromatic rings. The third-order valence-corrected chi connectivity index (χ3v) is 2.28. The lowest BCUT2D eigenvalue weighted by Crippen LogP contribution is -3.00. The summed E-state index contributed by atoms with van der Waals surface area (Å²) in [6.45, 7) is 0. The van der Waals surface area contributed by atoms with Crippen LogP contribution in [0, 0.1) is 0 Å². The van der Waals surface area contributed by atoms with Gasteiger partial charge in [-0.05, 0) is 6.07 Å². The topological polar surface area (TPSA) is 85.1 Å². The number of ether oxygens (including phenoxy) is 1. The van der Waals surface area contributed by atoms with E-state index in [2.05, 4.69) is 15.5 Å². The predicted molar refractivity (Wildman–Crippen MR) is 55.3 cm³/mol. The molecule has 7 heteroatoms.